The second-order valence-electron chi connectivity index (χ2n) is 5.46. The van der Waals surface area contributed by atoms with Crippen molar-refractivity contribution in [2.24, 2.45) is 0 Å². The largest absolute Gasteiger partial charge is 0.550 e. The van der Waals surface area contributed by atoms with Crippen molar-refractivity contribution in [2.75, 3.05) is 24.2 Å². The number of carboxylic acid groups (broad SMARTS) is 1. The van der Waals surface area contributed by atoms with E-state index in [2.05, 4.69) is 4.72 Å². The summed E-state index contributed by atoms with van der Waals surface area (Å²) in [5.74, 6) is -1.25. The van der Waals surface area contributed by atoms with Crippen LogP contribution in [0.5, 0.6) is 0 Å². The molecule has 1 aromatic carbocycles. The molecule has 0 aromatic heterocycles. The fraction of sp³-hybridized carbons (Fsp3) is 0.500. The molecule has 1 rings (SSSR count). The van der Waals surface area contributed by atoms with Crippen molar-refractivity contribution >= 4 is 31.7 Å². The van der Waals surface area contributed by atoms with Gasteiger partial charge in [0.1, 0.15) is 0 Å². The van der Waals surface area contributed by atoms with Crippen LogP contribution < -0.4 is 14.1 Å². The number of nitrogens with one attached hydrogen (secondary N) is 1. The Bertz CT molecular complexity index is 831. The van der Waals surface area contributed by atoms with Gasteiger partial charge in [0, 0.05) is 19.6 Å². The normalized spacial score (nSPS) is 12.2. The molecule has 24 heavy (non-hydrogen) atoms. The van der Waals surface area contributed by atoms with E-state index in [1.165, 1.54) is 26.1 Å². The van der Waals surface area contributed by atoms with E-state index >= 15 is 0 Å². The van der Waals surface area contributed by atoms with Crippen molar-refractivity contribution in [3.8, 4) is 0 Å². The maximum absolute atomic E-state index is 12.4. The summed E-state index contributed by atoms with van der Waals surface area (Å²) >= 11 is 0. The first-order chi connectivity index (χ1) is 10.9. The highest BCUT2D eigenvalue weighted by Gasteiger charge is 2.23. The van der Waals surface area contributed by atoms with Crippen LogP contribution in [0, 0.1) is 13.8 Å². The Balaban J connectivity index is 3.19. The van der Waals surface area contributed by atoms with E-state index in [1.807, 2.05) is 0 Å². The van der Waals surface area contributed by atoms with Gasteiger partial charge in [0.05, 0.1) is 16.8 Å². The fourth-order valence-electron chi connectivity index (χ4n) is 2.28. The summed E-state index contributed by atoms with van der Waals surface area (Å²) < 4.78 is 51.7. The number of rotatable bonds is 8. The van der Waals surface area contributed by atoms with Crippen LogP contribution in [0.2, 0.25) is 0 Å². The van der Waals surface area contributed by atoms with Gasteiger partial charge >= 0.3 is 0 Å². The molecule has 1 aromatic rings. The van der Waals surface area contributed by atoms with Gasteiger partial charge in [0.2, 0.25) is 20.0 Å². The summed E-state index contributed by atoms with van der Waals surface area (Å²) in [4.78, 5) is 10.3. The number of carbonyl (C=O) groups is 1. The van der Waals surface area contributed by atoms with Gasteiger partial charge < -0.3 is 9.90 Å². The maximum atomic E-state index is 12.4. The number of carbonyl (C=O) groups excluding carboxylic acids is 1. The molecular formula is C14H21N2O6S2-. The highest BCUT2D eigenvalue weighted by Crippen LogP contribution is 2.30. The Morgan fingerprint density at radius 3 is 2.29 bits per heavy atom. The number of nitrogens with zero attached hydrogens (tertiary/aromatic N) is 1. The third kappa shape index (κ3) is 4.92. The van der Waals surface area contributed by atoms with Crippen molar-refractivity contribution in [3.63, 3.8) is 0 Å². The first kappa shape index (κ1) is 20.4. The van der Waals surface area contributed by atoms with Crippen LogP contribution in [-0.4, -0.2) is 42.7 Å². The molecular weight excluding hydrogens is 356 g/mol. The number of aryl methyl sites for hydroxylation is 1. The Morgan fingerprint density at radius 2 is 1.79 bits per heavy atom. The zero-order chi connectivity index (χ0) is 18.7. The minimum absolute atomic E-state index is 0.0490. The lowest BCUT2D eigenvalue weighted by Gasteiger charge is -2.23. The second-order valence-corrected chi connectivity index (χ2v) is 9.21. The summed E-state index contributed by atoms with van der Waals surface area (Å²) in [5, 5.41) is 10.3. The van der Waals surface area contributed by atoms with Crippen LogP contribution in [0.4, 0.5) is 5.69 Å². The molecule has 0 atom stereocenters. The van der Waals surface area contributed by atoms with Crippen molar-refractivity contribution in [3.05, 3.63) is 23.3 Å². The Morgan fingerprint density at radius 1 is 1.21 bits per heavy atom. The lowest BCUT2D eigenvalue weighted by Crippen LogP contribution is -2.30. The van der Waals surface area contributed by atoms with Crippen molar-refractivity contribution in [2.45, 2.75) is 31.6 Å². The van der Waals surface area contributed by atoms with Crippen LogP contribution in [-0.2, 0) is 24.8 Å². The molecule has 0 spiro atoms. The number of hydrogen-bond donors (Lipinski definition) is 1. The molecule has 0 aliphatic carbocycles. The van der Waals surface area contributed by atoms with Gasteiger partial charge in [-0.05, 0) is 43.9 Å². The van der Waals surface area contributed by atoms with Crippen molar-refractivity contribution in [1.29, 1.82) is 0 Å². The van der Waals surface area contributed by atoms with Gasteiger partial charge in [-0.2, -0.15) is 0 Å². The van der Waals surface area contributed by atoms with Gasteiger partial charge in [0.15, 0.2) is 0 Å². The molecule has 0 fully saturated rings. The molecule has 0 unspecified atom stereocenters. The van der Waals surface area contributed by atoms with E-state index in [-0.39, 0.29) is 24.3 Å². The van der Waals surface area contributed by atoms with E-state index in [0.717, 1.165) is 10.6 Å². The smallest absolute Gasteiger partial charge is 0.240 e. The number of aliphatic carboxylic acids is 1. The molecule has 10 heteroatoms. The standard InChI is InChI=1S/C14H22N2O6S2/c1-10-7-8-12(11(2)14(10)16(3)23(4,19)20)24(21,22)15-9-5-6-13(17)18/h7-8,15H,5-6,9H2,1-4H3,(H,17,18)/p-1. The average molecular weight is 377 g/mol. The minimum atomic E-state index is -3.89. The zero-order valence-corrected chi connectivity index (χ0v) is 15.6. The minimum Gasteiger partial charge on any atom is -0.550 e. The highest BCUT2D eigenvalue weighted by molar-refractivity contribution is 7.92. The highest BCUT2D eigenvalue weighted by atomic mass is 32.2. The number of benzene rings is 1. The molecule has 1 N–H and O–H groups in total. The Labute approximate surface area is 142 Å². The summed E-state index contributed by atoms with van der Waals surface area (Å²) in [5.41, 5.74) is 1.22. The molecule has 0 radical (unpaired) electrons. The van der Waals surface area contributed by atoms with E-state index in [0.29, 0.717) is 16.8 Å². The van der Waals surface area contributed by atoms with E-state index in [4.69, 9.17) is 0 Å². The molecule has 0 saturated carbocycles. The van der Waals surface area contributed by atoms with Gasteiger partial charge in [-0.15, -0.1) is 0 Å². The number of carboxylic acids is 1. The third-order valence-corrected chi connectivity index (χ3v) is 6.32. The first-order valence-corrected chi connectivity index (χ1v) is 10.4. The lowest BCUT2D eigenvalue weighted by atomic mass is 10.1. The second kappa shape index (κ2) is 7.49. The number of hydrogen-bond acceptors (Lipinski definition) is 6. The monoisotopic (exact) mass is 377 g/mol. The van der Waals surface area contributed by atoms with Gasteiger partial charge in [-0.1, -0.05) is 6.07 Å². The molecule has 136 valence electrons. The predicted molar refractivity (Wildman–Crippen MR) is 88.6 cm³/mol. The Kier molecular flexibility index (Phi) is 6.37. The average Bonchev–Trinajstić information content (AvgIpc) is 2.42. The van der Waals surface area contributed by atoms with Gasteiger partial charge in [-0.25, -0.2) is 21.6 Å². The number of sulfonamides is 2. The van der Waals surface area contributed by atoms with E-state index in [9.17, 15) is 26.7 Å². The molecule has 0 aliphatic rings. The van der Waals surface area contributed by atoms with Crippen LogP contribution >= 0.6 is 0 Å². The quantitative estimate of drug-likeness (QED) is 0.610. The zero-order valence-electron chi connectivity index (χ0n) is 14.0. The third-order valence-electron chi connectivity index (χ3n) is 3.53. The summed E-state index contributed by atoms with van der Waals surface area (Å²) in [6.07, 6.45) is 0.880. The SMILES string of the molecule is Cc1ccc(S(=O)(=O)NCCCC(=O)[O-])c(C)c1N(C)S(C)(=O)=O. The Hall–Kier alpha value is -1.65. The van der Waals surface area contributed by atoms with E-state index in [1.54, 1.807) is 6.92 Å². The van der Waals surface area contributed by atoms with Crippen LogP contribution in [0.1, 0.15) is 24.0 Å². The van der Waals surface area contributed by atoms with Gasteiger partial charge in [0.25, 0.3) is 0 Å². The van der Waals surface area contributed by atoms with Crippen molar-refractivity contribution < 1.29 is 26.7 Å². The predicted octanol–water partition coefficient (Wildman–Crippen LogP) is -0.492. The topological polar surface area (TPSA) is 124 Å². The maximum Gasteiger partial charge on any atom is 0.240 e. The molecule has 0 heterocycles. The molecule has 0 aliphatic heterocycles. The summed E-state index contributed by atoms with van der Waals surface area (Å²) in [6, 6.07) is 2.92. The summed E-state index contributed by atoms with van der Waals surface area (Å²) in [7, 11) is -6.08. The van der Waals surface area contributed by atoms with Crippen LogP contribution in [0.3, 0.4) is 0 Å². The van der Waals surface area contributed by atoms with E-state index < -0.39 is 26.0 Å². The van der Waals surface area contributed by atoms with Gasteiger partial charge in [-0.3, -0.25) is 4.31 Å². The first-order valence-electron chi connectivity index (χ1n) is 7.11. The molecule has 0 bridgehead atoms. The molecule has 8 nitrogen and oxygen atoms in total. The molecule has 0 amide bonds. The number of anilines is 1. The van der Waals surface area contributed by atoms with Crippen molar-refractivity contribution in [1.82, 2.24) is 4.72 Å². The fourth-order valence-corrected chi connectivity index (χ4v) is 4.20. The van der Waals surface area contributed by atoms with Crippen LogP contribution in [0.25, 0.3) is 0 Å². The summed E-state index contributed by atoms with van der Waals surface area (Å²) in [6.45, 7) is 3.16. The molecule has 0 saturated heterocycles. The lowest BCUT2D eigenvalue weighted by molar-refractivity contribution is -0.305. The van der Waals surface area contributed by atoms with Crippen LogP contribution in [0.15, 0.2) is 17.0 Å².